The first-order valence-electron chi connectivity index (χ1n) is 11.4. The van der Waals surface area contributed by atoms with Crippen molar-refractivity contribution in [3.05, 3.63) is 48.7 Å². The number of carbonyl (C=O) groups excluding carboxylic acids is 2. The predicted octanol–water partition coefficient (Wildman–Crippen LogP) is 3.43. The molecule has 1 aliphatic rings. The summed E-state index contributed by atoms with van der Waals surface area (Å²) in [5.41, 5.74) is 1.02. The van der Waals surface area contributed by atoms with Crippen LogP contribution in [0.25, 0.3) is 10.9 Å². The average Bonchev–Trinajstić information content (AvgIpc) is 3.37. The Morgan fingerprint density at radius 2 is 1.71 bits per heavy atom. The first kappa shape index (κ1) is 24.6. The van der Waals surface area contributed by atoms with Gasteiger partial charge in [0.2, 0.25) is 18.6 Å². The highest BCUT2D eigenvalue weighted by Gasteiger charge is 2.27. The number of sulfone groups is 1. The Bertz CT molecular complexity index is 1370. The molecule has 0 saturated heterocycles. The minimum Gasteiger partial charge on any atom is -0.454 e. The average molecular weight is 500 g/mol. The largest absolute Gasteiger partial charge is 0.454 e. The van der Waals surface area contributed by atoms with Crippen molar-refractivity contribution in [1.29, 1.82) is 0 Å². The third-order valence-corrected chi connectivity index (χ3v) is 7.41. The van der Waals surface area contributed by atoms with Gasteiger partial charge in [-0.2, -0.15) is 0 Å². The number of nitrogens with zero attached hydrogens (tertiary/aromatic N) is 2. The molecule has 1 N–H and O–H groups in total. The van der Waals surface area contributed by atoms with Gasteiger partial charge in [-0.25, -0.2) is 8.42 Å². The van der Waals surface area contributed by atoms with Crippen LogP contribution in [0.3, 0.4) is 0 Å². The zero-order chi connectivity index (χ0) is 25.3. The van der Waals surface area contributed by atoms with Gasteiger partial charge in [0, 0.05) is 40.9 Å². The number of hydrogen-bond donors (Lipinski definition) is 1. The summed E-state index contributed by atoms with van der Waals surface area (Å²) in [6.45, 7) is 7.87. The third-order valence-electron chi connectivity index (χ3n) is 5.77. The number of nitrogens with one attached hydrogen (secondary N) is 1. The molecule has 0 bridgehead atoms. The van der Waals surface area contributed by atoms with Crippen LogP contribution in [0.4, 0.5) is 5.69 Å². The number of aromatic nitrogens is 1. The summed E-state index contributed by atoms with van der Waals surface area (Å²) in [5, 5.41) is 3.07. The number of para-hydroxylation sites is 1. The quantitative estimate of drug-likeness (QED) is 0.509. The zero-order valence-corrected chi connectivity index (χ0v) is 21.0. The smallest absolute Gasteiger partial charge is 0.242 e. The molecule has 35 heavy (non-hydrogen) atoms. The van der Waals surface area contributed by atoms with Gasteiger partial charge in [-0.15, -0.1) is 0 Å². The van der Waals surface area contributed by atoms with Crippen LogP contribution >= 0.6 is 0 Å². The topological polar surface area (TPSA) is 107 Å². The number of fused-ring (bicyclic) bond motifs is 2. The molecule has 1 aliphatic heterocycles. The molecule has 0 fully saturated rings. The number of rotatable bonds is 8. The van der Waals surface area contributed by atoms with Crippen LogP contribution < -0.4 is 14.8 Å². The lowest BCUT2D eigenvalue weighted by molar-refractivity contribution is -0.135. The Balaban J connectivity index is 1.58. The normalized spacial score (nSPS) is 13.0. The molecule has 0 saturated carbocycles. The molecule has 0 atom stereocenters. The first-order valence-corrected chi connectivity index (χ1v) is 13.0. The molecular formula is C25H29N3O6S. The summed E-state index contributed by atoms with van der Waals surface area (Å²) in [6, 6.07) is 11.8. The highest BCUT2D eigenvalue weighted by atomic mass is 32.2. The molecule has 2 aromatic carbocycles. The molecular weight excluding hydrogens is 470 g/mol. The first-order chi connectivity index (χ1) is 16.6. The van der Waals surface area contributed by atoms with Crippen molar-refractivity contribution in [3.8, 4) is 11.5 Å². The van der Waals surface area contributed by atoms with E-state index in [9.17, 15) is 18.0 Å². The van der Waals surface area contributed by atoms with Crippen molar-refractivity contribution in [3.63, 3.8) is 0 Å². The molecule has 0 aliphatic carbocycles. The minimum absolute atomic E-state index is 0.00418. The number of ether oxygens (including phenoxy) is 2. The van der Waals surface area contributed by atoms with E-state index in [2.05, 4.69) is 5.32 Å². The molecule has 2 heterocycles. The van der Waals surface area contributed by atoms with Crippen LogP contribution in [0.2, 0.25) is 0 Å². The Morgan fingerprint density at radius 3 is 2.43 bits per heavy atom. The molecule has 1 aromatic heterocycles. The minimum atomic E-state index is -4.00. The van der Waals surface area contributed by atoms with E-state index in [0.29, 0.717) is 28.1 Å². The lowest BCUT2D eigenvalue weighted by atomic mass is 10.2. The number of carbonyl (C=O) groups is 2. The number of amides is 2. The van der Waals surface area contributed by atoms with Gasteiger partial charge in [-0.3, -0.25) is 9.59 Å². The van der Waals surface area contributed by atoms with Crippen molar-refractivity contribution in [2.75, 3.05) is 17.9 Å². The van der Waals surface area contributed by atoms with E-state index in [1.165, 1.54) is 6.20 Å². The van der Waals surface area contributed by atoms with E-state index in [4.69, 9.17) is 9.47 Å². The molecule has 10 heteroatoms. The zero-order valence-electron chi connectivity index (χ0n) is 20.1. The fourth-order valence-corrected chi connectivity index (χ4v) is 5.78. The Morgan fingerprint density at radius 1 is 1.03 bits per heavy atom. The fourth-order valence-electron chi connectivity index (χ4n) is 4.41. The summed E-state index contributed by atoms with van der Waals surface area (Å²) in [5.74, 6) is -0.488. The van der Waals surface area contributed by atoms with Crippen molar-refractivity contribution < 1.29 is 27.5 Å². The van der Waals surface area contributed by atoms with Crippen molar-refractivity contribution in [1.82, 2.24) is 9.47 Å². The summed E-state index contributed by atoms with van der Waals surface area (Å²) in [4.78, 5) is 27.4. The molecule has 4 rings (SSSR count). The van der Waals surface area contributed by atoms with Crippen LogP contribution in [-0.4, -0.2) is 54.3 Å². The van der Waals surface area contributed by atoms with Gasteiger partial charge in [-0.1, -0.05) is 18.2 Å². The Hall–Kier alpha value is -3.53. The van der Waals surface area contributed by atoms with Gasteiger partial charge in [-0.05, 0) is 45.9 Å². The lowest BCUT2D eigenvalue weighted by Gasteiger charge is -2.31. The van der Waals surface area contributed by atoms with Crippen LogP contribution in [0.5, 0.6) is 11.5 Å². The van der Waals surface area contributed by atoms with E-state index in [-0.39, 0.29) is 36.2 Å². The highest BCUT2D eigenvalue weighted by molar-refractivity contribution is 7.92. The number of hydrogen-bond acceptors (Lipinski definition) is 6. The van der Waals surface area contributed by atoms with Gasteiger partial charge in [0.05, 0.1) is 4.90 Å². The second-order valence-corrected chi connectivity index (χ2v) is 11.0. The number of benzene rings is 2. The fraction of sp³-hybridized carbons (Fsp3) is 0.360. The molecule has 186 valence electrons. The van der Waals surface area contributed by atoms with Crippen LogP contribution in [0.1, 0.15) is 27.7 Å². The van der Waals surface area contributed by atoms with Crippen LogP contribution in [0.15, 0.2) is 53.6 Å². The standard InChI is InChI=1S/C25H29N3O6S/c1-16(2)28(17(3)4)25(30)13-27-12-23(19-7-5-6-8-20(19)27)35(31,32)14-24(29)26-18-9-10-21-22(11-18)34-15-33-21/h5-12,16-17H,13-15H2,1-4H3,(H,26,29). The molecule has 2 amide bonds. The molecule has 0 unspecified atom stereocenters. The summed E-state index contributed by atoms with van der Waals surface area (Å²) in [6.07, 6.45) is 1.45. The van der Waals surface area contributed by atoms with E-state index in [1.54, 1.807) is 51.9 Å². The van der Waals surface area contributed by atoms with Gasteiger partial charge >= 0.3 is 0 Å². The van der Waals surface area contributed by atoms with E-state index in [0.717, 1.165) is 0 Å². The van der Waals surface area contributed by atoms with Crippen LogP contribution in [-0.2, 0) is 26.0 Å². The molecule has 3 aromatic rings. The predicted molar refractivity (Wildman–Crippen MR) is 132 cm³/mol. The van der Waals surface area contributed by atoms with Gasteiger partial charge in [0.1, 0.15) is 12.3 Å². The SMILES string of the molecule is CC(C)N(C(=O)Cn1cc(S(=O)(=O)CC(=O)Nc2ccc3c(c2)OCO3)c2ccccc21)C(C)C. The Kier molecular flexibility index (Phi) is 6.75. The maximum Gasteiger partial charge on any atom is 0.242 e. The highest BCUT2D eigenvalue weighted by Crippen LogP contribution is 2.34. The van der Waals surface area contributed by atoms with Crippen molar-refractivity contribution in [2.45, 2.75) is 51.2 Å². The van der Waals surface area contributed by atoms with E-state index in [1.807, 2.05) is 27.7 Å². The molecule has 0 radical (unpaired) electrons. The van der Waals surface area contributed by atoms with Gasteiger partial charge < -0.3 is 24.3 Å². The Labute approximate surface area is 204 Å². The van der Waals surface area contributed by atoms with Crippen molar-refractivity contribution >= 4 is 38.2 Å². The number of anilines is 1. The maximum atomic E-state index is 13.3. The van der Waals surface area contributed by atoms with Crippen molar-refractivity contribution in [2.24, 2.45) is 0 Å². The van der Waals surface area contributed by atoms with Gasteiger partial charge in [0.25, 0.3) is 0 Å². The lowest BCUT2D eigenvalue weighted by Crippen LogP contribution is -2.43. The van der Waals surface area contributed by atoms with E-state index >= 15 is 0 Å². The monoisotopic (exact) mass is 499 g/mol. The van der Waals surface area contributed by atoms with Gasteiger partial charge in [0.15, 0.2) is 21.3 Å². The maximum absolute atomic E-state index is 13.3. The second kappa shape index (κ2) is 9.61. The summed E-state index contributed by atoms with van der Waals surface area (Å²) in [7, 11) is -4.00. The summed E-state index contributed by atoms with van der Waals surface area (Å²) < 4.78 is 38.7. The second-order valence-electron chi connectivity index (χ2n) is 9.00. The molecule has 9 nitrogen and oxygen atoms in total. The van der Waals surface area contributed by atoms with E-state index < -0.39 is 21.5 Å². The summed E-state index contributed by atoms with van der Waals surface area (Å²) >= 11 is 0. The third kappa shape index (κ3) is 5.12. The van der Waals surface area contributed by atoms with Crippen LogP contribution in [0, 0.1) is 0 Å². The molecule has 0 spiro atoms.